The van der Waals surface area contributed by atoms with Crippen LogP contribution in [-0.2, 0) is 4.79 Å². The van der Waals surface area contributed by atoms with Gasteiger partial charge in [0.2, 0.25) is 5.91 Å². The number of para-hydroxylation sites is 1. The Labute approximate surface area is 113 Å². The van der Waals surface area contributed by atoms with Crippen LogP contribution in [0.5, 0.6) is 5.75 Å². The SMILES string of the molecule is COc1ccccc1[C@@H](O)CNC(=O)[C@H]1CCCN1. The van der Waals surface area contributed by atoms with Gasteiger partial charge in [-0.05, 0) is 25.5 Å². The molecule has 0 radical (unpaired) electrons. The van der Waals surface area contributed by atoms with Gasteiger partial charge in [-0.3, -0.25) is 4.79 Å². The molecule has 0 saturated carbocycles. The van der Waals surface area contributed by atoms with E-state index in [9.17, 15) is 9.90 Å². The van der Waals surface area contributed by atoms with E-state index in [0.717, 1.165) is 19.4 Å². The van der Waals surface area contributed by atoms with Gasteiger partial charge in [0, 0.05) is 12.1 Å². The molecule has 1 aliphatic heterocycles. The van der Waals surface area contributed by atoms with Crippen LogP contribution >= 0.6 is 0 Å². The zero-order valence-electron chi connectivity index (χ0n) is 11.1. The fourth-order valence-corrected chi connectivity index (χ4v) is 2.28. The van der Waals surface area contributed by atoms with Crippen molar-refractivity contribution in [2.45, 2.75) is 25.0 Å². The second-order valence-corrected chi connectivity index (χ2v) is 4.65. The molecule has 1 aromatic rings. The van der Waals surface area contributed by atoms with Crippen LogP contribution in [0.2, 0.25) is 0 Å². The molecule has 0 bridgehead atoms. The van der Waals surface area contributed by atoms with Crippen LogP contribution < -0.4 is 15.4 Å². The number of aliphatic hydroxyl groups excluding tert-OH is 1. The van der Waals surface area contributed by atoms with E-state index in [-0.39, 0.29) is 18.5 Å². The van der Waals surface area contributed by atoms with Crippen molar-refractivity contribution in [1.29, 1.82) is 0 Å². The van der Waals surface area contributed by atoms with Crippen molar-refractivity contribution < 1.29 is 14.6 Å². The third-order valence-corrected chi connectivity index (χ3v) is 3.34. The van der Waals surface area contributed by atoms with E-state index in [1.54, 1.807) is 19.2 Å². The third-order valence-electron chi connectivity index (χ3n) is 3.34. The second-order valence-electron chi connectivity index (χ2n) is 4.65. The maximum atomic E-state index is 11.8. The highest BCUT2D eigenvalue weighted by molar-refractivity contribution is 5.82. The molecule has 104 valence electrons. The molecule has 0 unspecified atom stereocenters. The first-order valence-corrected chi connectivity index (χ1v) is 6.54. The van der Waals surface area contributed by atoms with E-state index in [4.69, 9.17) is 4.74 Å². The minimum Gasteiger partial charge on any atom is -0.496 e. The number of carbonyl (C=O) groups excluding carboxylic acids is 1. The number of aliphatic hydroxyl groups is 1. The lowest BCUT2D eigenvalue weighted by atomic mass is 10.1. The summed E-state index contributed by atoms with van der Waals surface area (Å²) >= 11 is 0. The van der Waals surface area contributed by atoms with Crippen molar-refractivity contribution in [2.24, 2.45) is 0 Å². The molecule has 1 saturated heterocycles. The standard InChI is InChI=1S/C14H20N2O3/c1-19-13-7-3-2-5-10(13)12(17)9-16-14(18)11-6-4-8-15-11/h2-3,5,7,11-12,15,17H,4,6,8-9H2,1H3,(H,16,18)/t11-,12+/m1/s1. The first-order valence-electron chi connectivity index (χ1n) is 6.54. The number of hydrogen-bond donors (Lipinski definition) is 3. The summed E-state index contributed by atoms with van der Waals surface area (Å²) in [6.07, 6.45) is 1.12. The Morgan fingerprint density at radius 3 is 3.05 bits per heavy atom. The summed E-state index contributed by atoms with van der Waals surface area (Å²) in [6, 6.07) is 7.14. The highest BCUT2D eigenvalue weighted by atomic mass is 16.5. The van der Waals surface area contributed by atoms with Crippen molar-refractivity contribution in [3.63, 3.8) is 0 Å². The van der Waals surface area contributed by atoms with E-state index in [1.807, 2.05) is 12.1 Å². The number of rotatable bonds is 5. The van der Waals surface area contributed by atoms with Gasteiger partial charge in [0.1, 0.15) is 5.75 Å². The van der Waals surface area contributed by atoms with Gasteiger partial charge in [-0.15, -0.1) is 0 Å². The summed E-state index contributed by atoms with van der Waals surface area (Å²) in [6.45, 7) is 1.07. The largest absolute Gasteiger partial charge is 0.496 e. The molecular weight excluding hydrogens is 244 g/mol. The number of carbonyl (C=O) groups is 1. The summed E-state index contributed by atoms with van der Waals surface area (Å²) in [5.74, 6) is 0.578. The Balaban J connectivity index is 1.89. The summed E-state index contributed by atoms with van der Waals surface area (Å²) < 4.78 is 5.19. The van der Waals surface area contributed by atoms with Gasteiger partial charge < -0.3 is 20.5 Å². The normalized spacial score (nSPS) is 20.0. The minimum absolute atomic E-state index is 0.0496. The zero-order valence-corrected chi connectivity index (χ0v) is 11.1. The molecule has 0 aliphatic carbocycles. The molecule has 0 spiro atoms. The number of methoxy groups -OCH3 is 1. The molecule has 19 heavy (non-hydrogen) atoms. The fraction of sp³-hybridized carbons (Fsp3) is 0.500. The van der Waals surface area contributed by atoms with Crippen LogP contribution in [0.3, 0.4) is 0 Å². The number of nitrogens with one attached hydrogen (secondary N) is 2. The van der Waals surface area contributed by atoms with Gasteiger partial charge in [0.25, 0.3) is 0 Å². The predicted molar refractivity (Wildman–Crippen MR) is 72.0 cm³/mol. The molecule has 1 fully saturated rings. The Morgan fingerprint density at radius 2 is 2.37 bits per heavy atom. The zero-order chi connectivity index (χ0) is 13.7. The van der Waals surface area contributed by atoms with Gasteiger partial charge in [-0.2, -0.15) is 0 Å². The number of hydrogen-bond acceptors (Lipinski definition) is 4. The van der Waals surface area contributed by atoms with Crippen LogP contribution in [0.4, 0.5) is 0 Å². The average Bonchev–Trinajstić information content (AvgIpc) is 2.98. The maximum absolute atomic E-state index is 11.8. The van der Waals surface area contributed by atoms with Gasteiger partial charge in [-0.1, -0.05) is 18.2 Å². The highest BCUT2D eigenvalue weighted by Gasteiger charge is 2.22. The Kier molecular flexibility index (Phi) is 4.76. The second kappa shape index (κ2) is 6.54. The molecule has 1 aliphatic rings. The molecule has 2 rings (SSSR count). The van der Waals surface area contributed by atoms with E-state index in [1.165, 1.54) is 0 Å². The molecular formula is C14H20N2O3. The van der Waals surface area contributed by atoms with Gasteiger partial charge in [0.05, 0.1) is 19.3 Å². The summed E-state index contributed by atoms with van der Waals surface area (Å²) in [4.78, 5) is 11.8. The topological polar surface area (TPSA) is 70.6 Å². The van der Waals surface area contributed by atoms with Crippen LogP contribution in [0, 0.1) is 0 Å². The quantitative estimate of drug-likeness (QED) is 0.728. The molecule has 5 heteroatoms. The third kappa shape index (κ3) is 3.45. The maximum Gasteiger partial charge on any atom is 0.237 e. The summed E-state index contributed by atoms with van der Waals surface area (Å²) in [5.41, 5.74) is 0.685. The summed E-state index contributed by atoms with van der Waals surface area (Å²) in [7, 11) is 1.56. The van der Waals surface area contributed by atoms with Gasteiger partial charge >= 0.3 is 0 Å². The van der Waals surface area contributed by atoms with E-state index >= 15 is 0 Å². The van der Waals surface area contributed by atoms with Crippen molar-refractivity contribution in [3.05, 3.63) is 29.8 Å². The van der Waals surface area contributed by atoms with Crippen molar-refractivity contribution in [3.8, 4) is 5.75 Å². The molecule has 5 nitrogen and oxygen atoms in total. The van der Waals surface area contributed by atoms with E-state index < -0.39 is 6.10 Å². The van der Waals surface area contributed by atoms with E-state index in [0.29, 0.717) is 11.3 Å². The van der Waals surface area contributed by atoms with Crippen molar-refractivity contribution in [1.82, 2.24) is 10.6 Å². The first kappa shape index (κ1) is 13.8. The smallest absolute Gasteiger partial charge is 0.237 e. The number of amides is 1. The fourth-order valence-electron chi connectivity index (χ4n) is 2.28. The van der Waals surface area contributed by atoms with Crippen LogP contribution in [0.1, 0.15) is 24.5 Å². The van der Waals surface area contributed by atoms with Crippen molar-refractivity contribution >= 4 is 5.91 Å². The number of ether oxygens (including phenoxy) is 1. The van der Waals surface area contributed by atoms with Crippen molar-refractivity contribution in [2.75, 3.05) is 20.2 Å². The van der Waals surface area contributed by atoms with Crippen LogP contribution in [0.15, 0.2) is 24.3 Å². The molecule has 1 aromatic carbocycles. The Hall–Kier alpha value is -1.59. The molecule has 3 N–H and O–H groups in total. The molecule has 1 heterocycles. The van der Waals surface area contributed by atoms with Crippen LogP contribution in [-0.4, -0.2) is 37.3 Å². The average molecular weight is 264 g/mol. The predicted octanol–water partition coefficient (Wildman–Crippen LogP) is 0.597. The molecule has 0 aromatic heterocycles. The highest BCUT2D eigenvalue weighted by Crippen LogP contribution is 2.24. The Bertz CT molecular complexity index is 430. The van der Waals surface area contributed by atoms with Gasteiger partial charge in [0.15, 0.2) is 0 Å². The lowest BCUT2D eigenvalue weighted by molar-refractivity contribution is -0.123. The lowest BCUT2D eigenvalue weighted by Crippen LogP contribution is -2.41. The minimum atomic E-state index is -0.762. The van der Waals surface area contributed by atoms with E-state index in [2.05, 4.69) is 10.6 Å². The molecule has 2 atom stereocenters. The van der Waals surface area contributed by atoms with Crippen LogP contribution in [0.25, 0.3) is 0 Å². The molecule has 1 amide bonds. The monoisotopic (exact) mass is 264 g/mol. The number of benzene rings is 1. The van der Waals surface area contributed by atoms with Gasteiger partial charge in [-0.25, -0.2) is 0 Å². The summed E-state index contributed by atoms with van der Waals surface area (Å²) in [5, 5.41) is 16.0. The lowest BCUT2D eigenvalue weighted by Gasteiger charge is -2.17. The Morgan fingerprint density at radius 1 is 1.58 bits per heavy atom. The first-order chi connectivity index (χ1) is 9.22.